The molecule has 5 heteroatoms. The van der Waals surface area contributed by atoms with Crippen molar-refractivity contribution in [2.24, 2.45) is 5.41 Å². The molecular formula is C20H32N2O3. The lowest BCUT2D eigenvalue weighted by Gasteiger charge is -2.19. The standard InChI is InChI=1S/C20H32N2O3/c1-19(2,3)18(24)21-11-10-17(23)22-13-15-8-7-9-16(12-15)14-25-20(4,5)6/h7-9,12H,10-11,13-14H2,1-6H3,(H,21,24)(H,22,23). The lowest BCUT2D eigenvalue weighted by molar-refractivity contribution is -0.128. The molecule has 2 amide bonds. The lowest BCUT2D eigenvalue weighted by atomic mass is 9.96. The summed E-state index contributed by atoms with van der Waals surface area (Å²) in [4.78, 5) is 23.6. The van der Waals surface area contributed by atoms with Gasteiger partial charge in [0.25, 0.3) is 0 Å². The number of carbonyl (C=O) groups excluding carboxylic acids is 2. The average molecular weight is 348 g/mol. The zero-order chi connectivity index (χ0) is 19.1. The molecule has 0 heterocycles. The molecule has 0 unspecified atom stereocenters. The molecular weight excluding hydrogens is 316 g/mol. The Labute approximate surface area is 151 Å². The Balaban J connectivity index is 2.37. The van der Waals surface area contributed by atoms with Gasteiger partial charge >= 0.3 is 0 Å². The van der Waals surface area contributed by atoms with Crippen LogP contribution in [-0.4, -0.2) is 24.0 Å². The van der Waals surface area contributed by atoms with Gasteiger partial charge in [0.15, 0.2) is 0 Å². The molecule has 5 nitrogen and oxygen atoms in total. The third-order valence-electron chi connectivity index (χ3n) is 3.47. The second-order valence-electron chi connectivity index (χ2n) is 8.25. The van der Waals surface area contributed by atoms with Crippen molar-refractivity contribution in [3.8, 4) is 0 Å². The predicted octanol–water partition coefficient (Wildman–Crippen LogP) is 3.17. The van der Waals surface area contributed by atoms with Crippen LogP contribution in [0.3, 0.4) is 0 Å². The number of nitrogens with one attached hydrogen (secondary N) is 2. The van der Waals surface area contributed by atoms with Crippen LogP contribution in [0.2, 0.25) is 0 Å². The molecule has 0 fully saturated rings. The van der Waals surface area contributed by atoms with Gasteiger partial charge in [-0.15, -0.1) is 0 Å². The van der Waals surface area contributed by atoms with Gasteiger partial charge in [0.1, 0.15) is 0 Å². The largest absolute Gasteiger partial charge is 0.371 e. The second kappa shape index (κ2) is 8.99. The number of hydrogen-bond donors (Lipinski definition) is 2. The van der Waals surface area contributed by atoms with Crippen molar-refractivity contribution in [3.05, 3.63) is 35.4 Å². The predicted molar refractivity (Wildman–Crippen MR) is 99.9 cm³/mol. The Hall–Kier alpha value is -1.88. The van der Waals surface area contributed by atoms with Crippen molar-refractivity contribution in [2.45, 2.75) is 66.7 Å². The monoisotopic (exact) mass is 348 g/mol. The van der Waals surface area contributed by atoms with E-state index in [0.717, 1.165) is 11.1 Å². The molecule has 0 aliphatic carbocycles. The quantitative estimate of drug-likeness (QED) is 0.795. The number of rotatable bonds is 7. The van der Waals surface area contributed by atoms with Crippen LogP contribution in [0.5, 0.6) is 0 Å². The fourth-order valence-electron chi connectivity index (χ4n) is 1.97. The summed E-state index contributed by atoms with van der Waals surface area (Å²) < 4.78 is 5.77. The molecule has 0 spiro atoms. The van der Waals surface area contributed by atoms with Gasteiger partial charge in [-0.1, -0.05) is 45.0 Å². The summed E-state index contributed by atoms with van der Waals surface area (Å²) in [6.07, 6.45) is 0.272. The van der Waals surface area contributed by atoms with Crippen molar-refractivity contribution < 1.29 is 14.3 Å². The molecule has 1 rings (SSSR count). The van der Waals surface area contributed by atoms with E-state index >= 15 is 0 Å². The smallest absolute Gasteiger partial charge is 0.225 e. The second-order valence-corrected chi connectivity index (χ2v) is 8.25. The first-order valence-corrected chi connectivity index (χ1v) is 8.74. The van der Waals surface area contributed by atoms with E-state index < -0.39 is 5.41 Å². The van der Waals surface area contributed by atoms with Gasteiger partial charge in [-0.3, -0.25) is 9.59 Å². The van der Waals surface area contributed by atoms with Gasteiger partial charge in [-0.25, -0.2) is 0 Å². The molecule has 25 heavy (non-hydrogen) atoms. The Kier molecular flexibility index (Phi) is 7.61. The van der Waals surface area contributed by atoms with Crippen LogP contribution in [0.1, 0.15) is 59.1 Å². The van der Waals surface area contributed by atoms with E-state index in [1.807, 2.05) is 65.8 Å². The first-order valence-electron chi connectivity index (χ1n) is 8.74. The van der Waals surface area contributed by atoms with Gasteiger partial charge in [-0.05, 0) is 31.9 Å². The summed E-state index contributed by atoms with van der Waals surface area (Å²) >= 11 is 0. The van der Waals surface area contributed by atoms with E-state index in [0.29, 0.717) is 19.7 Å². The van der Waals surface area contributed by atoms with Gasteiger partial charge in [0.05, 0.1) is 12.2 Å². The van der Waals surface area contributed by atoms with Crippen molar-refractivity contribution >= 4 is 11.8 Å². The Morgan fingerprint density at radius 1 is 1.00 bits per heavy atom. The van der Waals surface area contributed by atoms with Crippen molar-refractivity contribution in [1.82, 2.24) is 10.6 Å². The molecule has 1 aromatic carbocycles. The topological polar surface area (TPSA) is 67.4 Å². The summed E-state index contributed by atoms with van der Waals surface area (Å²) in [5.41, 5.74) is 1.49. The van der Waals surface area contributed by atoms with Crippen LogP contribution < -0.4 is 10.6 Å². The molecule has 0 aliphatic heterocycles. The van der Waals surface area contributed by atoms with Crippen LogP contribution in [0.25, 0.3) is 0 Å². The highest BCUT2D eigenvalue weighted by atomic mass is 16.5. The van der Waals surface area contributed by atoms with E-state index in [-0.39, 0.29) is 23.8 Å². The minimum Gasteiger partial charge on any atom is -0.371 e. The van der Waals surface area contributed by atoms with Crippen LogP contribution >= 0.6 is 0 Å². The molecule has 0 saturated heterocycles. The lowest BCUT2D eigenvalue weighted by Crippen LogP contribution is -2.37. The summed E-state index contributed by atoms with van der Waals surface area (Å²) in [5.74, 6) is -0.127. The van der Waals surface area contributed by atoms with E-state index in [1.54, 1.807) is 0 Å². The fraction of sp³-hybridized carbons (Fsp3) is 0.600. The first-order chi connectivity index (χ1) is 11.5. The number of carbonyl (C=O) groups is 2. The molecule has 0 atom stereocenters. The molecule has 0 radical (unpaired) electrons. The maximum Gasteiger partial charge on any atom is 0.225 e. The molecule has 0 aromatic heterocycles. The van der Waals surface area contributed by atoms with Crippen molar-refractivity contribution in [2.75, 3.05) is 6.54 Å². The van der Waals surface area contributed by atoms with Crippen LogP contribution in [-0.2, 0) is 27.5 Å². The Morgan fingerprint density at radius 2 is 1.64 bits per heavy atom. The van der Waals surface area contributed by atoms with Crippen LogP contribution in [0.4, 0.5) is 0 Å². The zero-order valence-electron chi connectivity index (χ0n) is 16.4. The highest BCUT2D eigenvalue weighted by Gasteiger charge is 2.20. The number of benzene rings is 1. The summed E-state index contributed by atoms with van der Waals surface area (Å²) in [6, 6.07) is 7.99. The molecule has 1 aromatic rings. The third kappa shape index (κ3) is 9.25. The van der Waals surface area contributed by atoms with Crippen molar-refractivity contribution in [1.29, 1.82) is 0 Å². The molecule has 0 bridgehead atoms. The minimum atomic E-state index is -0.438. The van der Waals surface area contributed by atoms with E-state index in [2.05, 4.69) is 10.6 Å². The summed E-state index contributed by atoms with van der Waals surface area (Å²) in [6.45, 7) is 13.0. The van der Waals surface area contributed by atoms with Gasteiger partial charge in [0, 0.05) is 24.9 Å². The molecule has 2 N–H and O–H groups in total. The van der Waals surface area contributed by atoms with Gasteiger partial charge in [-0.2, -0.15) is 0 Å². The Morgan fingerprint density at radius 3 is 2.24 bits per heavy atom. The van der Waals surface area contributed by atoms with Crippen LogP contribution in [0, 0.1) is 5.41 Å². The molecule has 140 valence electrons. The maximum atomic E-state index is 11.9. The highest BCUT2D eigenvalue weighted by Crippen LogP contribution is 2.13. The van der Waals surface area contributed by atoms with Crippen molar-refractivity contribution in [3.63, 3.8) is 0 Å². The summed E-state index contributed by atoms with van der Waals surface area (Å²) in [7, 11) is 0. The summed E-state index contributed by atoms with van der Waals surface area (Å²) in [5, 5.41) is 5.66. The minimum absolute atomic E-state index is 0.0492. The number of amides is 2. The van der Waals surface area contributed by atoms with Gasteiger partial charge < -0.3 is 15.4 Å². The van der Waals surface area contributed by atoms with E-state index in [9.17, 15) is 9.59 Å². The number of ether oxygens (including phenoxy) is 1. The number of hydrogen-bond acceptors (Lipinski definition) is 3. The maximum absolute atomic E-state index is 11.9. The normalized spacial score (nSPS) is 11.9. The van der Waals surface area contributed by atoms with E-state index in [4.69, 9.17) is 4.74 Å². The Bertz CT molecular complexity index is 583. The average Bonchev–Trinajstić information content (AvgIpc) is 2.50. The van der Waals surface area contributed by atoms with Gasteiger partial charge in [0.2, 0.25) is 11.8 Å². The first kappa shape index (κ1) is 21.2. The molecule has 0 aliphatic rings. The zero-order valence-corrected chi connectivity index (χ0v) is 16.4. The van der Waals surface area contributed by atoms with E-state index in [1.165, 1.54) is 0 Å². The van der Waals surface area contributed by atoms with Crippen LogP contribution in [0.15, 0.2) is 24.3 Å². The molecule has 0 saturated carbocycles. The SMILES string of the molecule is CC(C)(C)OCc1cccc(CNC(=O)CCNC(=O)C(C)(C)C)c1. The highest BCUT2D eigenvalue weighted by molar-refractivity contribution is 5.82. The fourth-order valence-corrected chi connectivity index (χ4v) is 1.97. The third-order valence-corrected chi connectivity index (χ3v) is 3.47.